The number of hydrogen-bond donors (Lipinski definition) is 2. The summed E-state index contributed by atoms with van der Waals surface area (Å²) in [5, 5.41) is 10.1. The number of fused-ring (bicyclic) bond motifs is 1. The number of aryl methyl sites for hydroxylation is 1. The SMILES string of the molecule is CC1CCc2[nH]nc(C(=O)NCCN3CCCC3=O)c2C1. The highest BCUT2D eigenvalue weighted by atomic mass is 16.2. The highest BCUT2D eigenvalue weighted by Crippen LogP contribution is 2.26. The molecule has 0 radical (unpaired) electrons. The molecule has 6 heteroatoms. The molecular weight excluding hydrogens is 268 g/mol. The minimum atomic E-state index is -0.131. The molecule has 1 aliphatic carbocycles. The maximum atomic E-state index is 12.2. The Labute approximate surface area is 124 Å². The van der Waals surface area contributed by atoms with Crippen LogP contribution in [0, 0.1) is 5.92 Å². The molecule has 1 unspecified atom stereocenters. The van der Waals surface area contributed by atoms with Crippen molar-refractivity contribution in [1.82, 2.24) is 20.4 Å². The average molecular weight is 290 g/mol. The Morgan fingerprint density at radius 1 is 1.48 bits per heavy atom. The summed E-state index contributed by atoms with van der Waals surface area (Å²) in [5.41, 5.74) is 2.71. The lowest BCUT2D eigenvalue weighted by molar-refractivity contribution is -0.127. The molecule has 1 saturated heterocycles. The van der Waals surface area contributed by atoms with E-state index in [2.05, 4.69) is 22.4 Å². The van der Waals surface area contributed by atoms with Crippen molar-refractivity contribution in [3.8, 4) is 0 Å². The molecule has 2 heterocycles. The van der Waals surface area contributed by atoms with Crippen molar-refractivity contribution in [1.29, 1.82) is 0 Å². The van der Waals surface area contributed by atoms with Crippen LogP contribution >= 0.6 is 0 Å². The number of nitrogens with one attached hydrogen (secondary N) is 2. The molecule has 21 heavy (non-hydrogen) atoms. The van der Waals surface area contributed by atoms with Gasteiger partial charge in [0.2, 0.25) is 5.91 Å². The second-order valence-electron chi connectivity index (χ2n) is 6.12. The summed E-state index contributed by atoms with van der Waals surface area (Å²) < 4.78 is 0. The van der Waals surface area contributed by atoms with Crippen molar-refractivity contribution < 1.29 is 9.59 Å². The first-order chi connectivity index (χ1) is 10.1. The largest absolute Gasteiger partial charge is 0.349 e. The van der Waals surface area contributed by atoms with Gasteiger partial charge in [0, 0.05) is 37.3 Å². The molecule has 2 amide bonds. The van der Waals surface area contributed by atoms with E-state index in [0.717, 1.165) is 43.5 Å². The van der Waals surface area contributed by atoms with Gasteiger partial charge in [-0.15, -0.1) is 0 Å². The Balaban J connectivity index is 1.56. The monoisotopic (exact) mass is 290 g/mol. The Kier molecular flexibility index (Phi) is 3.94. The van der Waals surface area contributed by atoms with Crippen LogP contribution in [-0.2, 0) is 17.6 Å². The number of aromatic nitrogens is 2. The van der Waals surface area contributed by atoms with E-state index in [1.807, 2.05) is 4.90 Å². The van der Waals surface area contributed by atoms with E-state index in [1.165, 1.54) is 0 Å². The number of aromatic amines is 1. The molecule has 6 nitrogen and oxygen atoms in total. The number of rotatable bonds is 4. The highest BCUT2D eigenvalue weighted by molar-refractivity contribution is 5.94. The molecule has 0 bridgehead atoms. The van der Waals surface area contributed by atoms with E-state index in [9.17, 15) is 9.59 Å². The van der Waals surface area contributed by atoms with E-state index in [0.29, 0.717) is 31.1 Å². The first-order valence-electron chi connectivity index (χ1n) is 7.77. The summed E-state index contributed by atoms with van der Waals surface area (Å²) in [6.07, 6.45) is 4.60. The molecule has 3 rings (SSSR count). The number of hydrogen-bond acceptors (Lipinski definition) is 3. The number of nitrogens with zero attached hydrogens (tertiary/aromatic N) is 2. The van der Waals surface area contributed by atoms with Crippen LogP contribution in [0.1, 0.15) is 47.9 Å². The lowest BCUT2D eigenvalue weighted by atomic mass is 9.88. The van der Waals surface area contributed by atoms with Crippen molar-refractivity contribution in [3.63, 3.8) is 0 Å². The lowest BCUT2D eigenvalue weighted by Crippen LogP contribution is -2.36. The van der Waals surface area contributed by atoms with E-state index in [4.69, 9.17) is 0 Å². The van der Waals surface area contributed by atoms with Gasteiger partial charge in [-0.2, -0.15) is 5.10 Å². The van der Waals surface area contributed by atoms with Crippen LogP contribution in [0.25, 0.3) is 0 Å². The normalized spacial score (nSPS) is 21.5. The summed E-state index contributed by atoms with van der Waals surface area (Å²) in [4.78, 5) is 25.6. The average Bonchev–Trinajstić information content (AvgIpc) is 3.05. The third-order valence-corrected chi connectivity index (χ3v) is 4.45. The standard InChI is InChI=1S/C15H22N4O2/c1-10-4-5-12-11(9-10)14(18-17-12)15(21)16-6-8-19-7-2-3-13(19)20/h10H,2-9H2,1H3,(H,16,21)(H,17,18). The smallest absolute Gasteiger partial charge is 0.272 e. The van der Waals surface area contributed by atoms with Gasteiger partial charge in [0.25, 0.3) is 5.91 Å². The molecule has 2 N–H and O–H groups in total. The van der Waals surface area contributed by atoms with E-state index in [-0.39, 0.29) is 11.8 Å². The van der Waals surface area contributed by atoms with Crippen LogP contribution in [0.5, 0.6) is 0 Å². The molecule has 1 atom stereocenters. The van der Waals surface area contributed by atoms with Gasteiger partial charge in [-0.05, 0) is 31.6 Å². The fraction of sp³-hybridized carbons (Fsp3) is 0.667. The van der Waals surface area contributed by atoms with Crippen molar-refractivity contribution >= 4 is 11.8 Å². The molecule has 1 aromatic rings. The molecule has 0 spiro atoms. The van der Waals surface area contributed by atoms with Gasteiger partial charge >= 0.3 is 0 Å². The highest BCUT2D eigenvalue weighted by Gasteiger charge is 2.25. The number of carbonyl (C=O) groups excluding carboxylic acids is 2. The second kappa shape index (κ2) is 5.87. The van der Waals surface area contributed by atoms with Gasteiger partial charge in [-0.1, -0.05) is 6.92 Å². The quantitative estimate of drug-likeness (QED) is 0.864. The zero-order chi connectivity index (χ0) is 14.8. The molecule has 1 fully saturated rings. The number of likely N-dealkylation sites (tertiary alicyclic amines) is 1. The number of carbonyl (C=O) groups is 2. The van der Waals surface area contributed by atoms with Crippen molar-refractivity contribution in [2.24, 2.45) is 5.92 Å². The Hall–Kier alpha value is -1.85. The second-order valence-corrected chi connectivity index (χ2v) is 6.12. The number of H-pyrrole nitrogens is 1. The molecule has 0 saturated carbocycles. The zero-order valence-corrected chi connectivity index (χ0v) is 12.4. The van der Waals surface area contributed by atoms with E-state index >= 15 is 0 Å². The van der Waals surface area contributed by atoms with Gasteiger partial charge in [0.15, 0.2) is 5.69 Å². The van der Waals surface area contributed by atoms with Crippen LogP contribution < -0.4 is 5.32 Å². The molecule has 1 aliphatic heterocycles. The van der Waals surface area contributed by atoms with Crippen LogP contribution in [-0.4, -0.2) is 46.5 Å². The summed E-state index contributed by atoms with van der Waals surface area (Å²) in [6.45, 7) is 4.09. The van der Waals surface area contributed by atoms with Crippen molar-refractivity contribution in [3.05, 3.63) is 17.0 Å². The Morgan fingerprint density at radius 2 is 2.33 bits per heavy atom. The minimum absolute atomic E-state index is 0.131. The van der Waals surface area contributed by atoms with Crippen LogP contribution in [0.15, 0.2) is 0 Å². The van der Waals surface area contributed by atoms with Gasteiger partial charge in [0.1, 0.15) is 0 Å². The maximum Gasteiger partial charge on any atom is 0.272 e. The molecule has 114 valence electrons. The Bertz CT molecular complexity index is 552. The topological polar surface area (TPSA) is 78.1 Å². The Morgan fingerprint density at radius 3 is 3.10 bits per heavy atom. The van der Waals surface area contributed by atoms with Gasteiger partial charge in [0.05, 0.1) is 0 Å². The van der Waals surface area contributed by atoms with Crippen LogP contribution in [0.4, 0.5) is 0 Å². The fourth-order valence-corrected chi connectivity index (χ4v) is 3.19. The summed E-state index contributed by atoms with van der Waals surface area (Å²) in [5.74, 6) is 0.660. The first-order valence-corrected chi connectivity index (χ1v) is 7.77. The predicted molar refractivity (Wildman–Crippen MR) is 77.9 cm³/mol. The van der Waals surface area contributed by atoms with Gasteiger partial charge in [-0.25, -0.2) is 0 Å². The van der Waals surface area contributed by atoms with E-state index < -0.39 is 0 Å². The molecular formula is C15H22N4O2. The van der Waals surface area contributed by atoms with Gasteiger partial charge < -0.3 is 10.2 Å². The minimum Gasteiger partial charge on any atom is -0.349 e. The zero-order valence-electron chi connectivity index (χ0n) is 12.4. The summed E-state index contributed by atoms with van der Waals surface area (Å²) in [7, 11) is 0. The van der Waals surface area contributed by atoms with Crippen molar-refractivity contribution in [2.75, 3.05) is 19.6 Å². The summed E-state index contributed by atoms with van der Waals surface area (Å²) in [6, 6.07) is 0. The fourth-order valence-electron chi connectivity index (χ4n) is 3.19. The van der Waals surface area contributed by atoms with Gasteiger partial charge in [-0.3, -0.25) is 14.7 Å². The summed E-state index contributed by atoms with van der Waals surface area (Å²) >= 11 is 0. The first kappa shape index (κ1) is 14.1. The van der Waals surface area contributed by atoms with Crippen molar-refractivity contribution in [2.45, 2.75) is 39.0 Å². The number of amides is 2. The predicted octanol–water partition coefficient (Wildman–Crippen LogP) is 0.887. The molecule has 0 aromatic carbocycles. The third-order valence-electron chi connectivity index (χ3n) is 4.45. The molecule has 2 aliphatic rings. The van der Waals surface area contributed by atoms with E-state index in [1.54, 1.807) is 0 Å². The molecule has 1 aromatic heterocycles. The van der Waals surface area contributed by atoms with Crippen LogP contribution in [0.2, 0.25) is 0 Å². The lowest BCUT2D eigenvalue weighted by Gasteiger charge is -2.18. The third kappa shape index (κ3) is 2.94. The van der Waals surface area contributed by atoms with Crippen LogP contribution in [0.3, 0.4) is 0 Å². The maximum absolute atomic E-state index is 12.2.